The van der Waals surface area contributed by atoms with Crippen molar-refractivity contribution >= 4 is 11.9 Å². The molecule has 1 aromatic carbocycles. The van der Waals surface area contributed by atoms with Crippen LogP contribution in [0.5, 0.6) is 0 Å². The summed E-state index contributed by atoms with van der Waals surface area (Å²) >= 11 is 0. The van der Waals surface area contributed by atoms with Crippen molar-refractivity contribution in [1.29, 1.82) is 0 Å². The fourth-order valence-electron chi connectivity index (χ4n) is 4.53. The Kier molecular flexibility index (Phi) is 4.66. The number of piperidine rings is 1. The summed E-state index contributed by atoms with van der Waals surface area (Å²) in [6, 6.07) is 2.75. The van der Waals surface area contributed by atoms with Crippen molar-refractivity contribution in [2.24, 2.45) is 11.3 Å². The monoisotopic (exact) mass is 378 g/mol. The lowest BCUT2D eigenvalue weighted by Gasteiger charge is -2.39. The van der Waals surface area contributed by atoms with Crippen LogP contribution in [0.25, 0.3) is 0 Å². The molecule has 1 spiro atoms. The van der Waals surface area contributed by atoms with E-state index in [1.54, 1.807) is 4.90 Å². The third-order valence-electron chi connectivity index (χ3n) is 6.32. The van der Waals surface area contributed by atoms with E-state index in [0.717, 1.165) is 37.8 Å². The fourth-order valence-corrected chi connectivity index (χ4v) is 4.53. The Morgan fingerprint density at radius 2 is 1.89 bits per heavy atom. The number of rotatable bonds is 4. The Bertz CT molecular complexity index is 758. The maximum absolute atomic E-state index is 13.9. The summed E-state index contributed by atoms with van der Waals surface area (Å²) in [6.45, 7) is 2.22. The Morgan fingerprint density at radius 3 is 2.52 bits per heavy atom. The lowest BCUT2D eigenvalue weighted by molar-refractivity contribution is -0.148. The number of nitrogens with zero attached hydrogens (tertiary/aromatic N) is 2. The van der Waals surface area contributed by atoms with Crippen molar-refractivity contribution in [3.8, 4) is 0 Å². The molecule has 4 rings (SSSR count). The Labute approximate surface area is 156 Å². The fraction of sp³-hybridized carbons (Fsp3) is 0.600. The molecule has 5 nitrogen and oxygen atoms in total. The van der Waals surface area contributed by atoms with E-state index < -0.39 is 23.6 Å². The first-order chi connectivity index (χ1) is 12.9. The zero-order valence-corrected chi connectivity index (χ0v) is 15.2. The zero-order valence-electron chi connectivity index (χ0n) is 15.2. The number of amides is 1. The molecule has 1 aromatic rings. The predicted molar refractivity (Wildman–Crippen MR) is 93.8 cm³/mol. The van der Waals surface area contributed by atoms with Crippen molar-refractivity contribution in [1.82, 2.24) is 9.80 Å². The highest BCUT2D eigenvalue weighted by Crippen LogP contribution is 2.45. The third-order valence-corrected chi connectivity index (χ3v) is 6.32. The minimum Gasteiger partial charge on any atom is -0.480 e. The first kappa shape index (κ1) is 18.3. The summed E-state index contributed by atoms with van der Waals surface area (Å²) < 4.78 is 27.2. The summed E-state index contributed by atoms with van der Waals surface area (Å²) in [7, 11) is 0. The molecule has 1 unspecified atom stereocenters. The summed E-state index contributed by atoms with van der Waals surface area (Å²) in [5, 5.41) is 9.57. The number of carbonyl (C=O) groups excluding carboxylic acids is 1. The van der Waals surface area contributed by atoms with Crippen LogP contribution in [0, 0.1) is 23.0 Å². The molecule has 2 saturated heterocycles. The summed E-state index contributed by atoms with van der Waals surface area (Å²) in [6.07, 6.45) is 3.75. The molecular weight excluding hydrogens is 354 g/mol. The maximum Gasteiger partial charge on any atom is 0.326 e. The maximum atomic E-state index is 13.9. The summed E-state index contributed by atoms with van der Waals surface area (Å²) in [5.74, 6) is -1.79. The minimum atomic E-state index is -0.926. The quantitative estimate of drug-likeness (QED) is 0.875. The van der Waals surface area contributed by atoms with Crippen LogP contribution < -0.4 is 0 Å². The first-order valence-corrected chi connectivity index (χ1v) is 9.56. The van der Waals surface area contributed by atoms with Crippen LogP contribution in [0.2, 0.25) is 0 Å². The SMILES string of the molecule is O=C(O)C1CC2(CCN(Cc3cc(F)ccc3F)CC2)CN1C(=O)C1CC1. The van der Waals surface area contributed by atoms with Crippen molar-refractivity contribution in [2.45, 2.75) is 44.7 Å². The van der Waals surface area contributed by atoms with Crippen LogP contribution in [-0.4, -0.2) is 52.5 Å². The van der Waals surface area contributed by atoms with E-state index >= 15 is 0 Å². The van der Waals surface area contributed by atoms with Gasteiger partial charge in [0.2, 0.25) is 5.91 Å². The van der Waals surface area contributed by atoms with E-state index in [1.807, 2.05) is 0 Å². The van der Waals surface area contributed by atoms with Crippen molar-refractivity contribution in [3.63, 3.8) is 0 Å². The van der Waals surface area contributed by atoms with Gasteiger partial charge in [0, 0.05) is 24.6 Å². The molecule has 1 atom stereocenters. The number of carboxylic acid groups (broad SMARTS) is 1. The third kappa shape index (κ3) is 3.70. The largest absolute Gasteiger partial charge is 0.480 e. The molecule has 1 aliphatic carbocycles. The summed E-state index contributed by atoms with van der Waals surface area (Å²) in [4.78, 5) is 27.8. The molecular formula is C20H24F2N2O3. The number of hydrogen-bond donors (Lipinski definition) is 1. The normalized spacial score (nSPS) is 25.1. The number of carbonyl (C=O) groups is 2. The topological polar surface area (TPSA) is 60.9 Å². The zero-order chi connectivity index (χ0) is 19.2. The van der Waals surface area contributed by atoms with Crippen molar-refractivity contribution < 1.29 is 23.5 Å². The Balaban J connectivity index is 1.41. The van der Waals surface area contributed by atoms with Gasteiger partial charge < -0.3 is 10.0 Å². The van der Waals surface area contributed by atoms with Gasteiger partial charge in [-0.25, -0.2) is 13.6 Å². The highest BCUT2D eigenvalue weighted by Gasteiger charge is 2.51. The standard InChI is InChI=1S/C20H24F2N2O3/c21-15-3-4-16(22)14(9-15)11-23-7-5-20(6-8-23)10-17(19(26)27)24(12-20)18(25)13-1-2-13/h3-4,9,13,17H,1-2,5-8,10-12H2,(H,26,27). The Hall–Kier alpha value is -2.02. The highest BCUT2D eigenvalue weighted by atomic mass is 19.1. The molecule has 0 radical (unpaired) electrons. The predicted octanol–water partition coefficient (Wildman–Crippen LogP) is 2.64. The lowest BCUT2D eigenvalue weighted by Crippen LogP contribution is -2.43. The van der Waals surface area contributed by atoms with E-state index in [-0.39, 0.29) is 17.2 Å². The van der Waals surface area contributed by atoms with Crippen molar-refractivity contribution in [2.75, 3.05) is 19.6 Å². The van der Waals surface area contributed by atoms with Gasteiger partial charge in [-0.3, -0.25) is 9.69 Å². The first-order valence-electron chi connectivity index (χ1n) is 9.56. The van der Waals surface area contributed by atoms with Gasteiger partial charge in [0.1, 0.15) is 17.7 Å². The van der Waals surface area contributed by atoms with Crippen LogP contribution in [-0.2, 0) is 16.1 Å². The second-order valence-electron chi connectivity index (χ2n) is 8.31. The molecule has 2 aliphatic heterocycles. The minimum absolute atomic E-state index is 0.0106. The Morgan fingerprint density at radius 1 is 1.19 bits per heavy atom. The van der Waals surface area contributed by atoms with Gasteiger partial charge in [-0.15, -0.1) is 0 Å². The number of benzene rings is 1. The second-order valence-corrected chi connectivity index (χ2v) is 8.31. The lowest BCUT2D eigenvalue weighted by atomic mass is 9.76. The molecule has 146 valence electrons. The molecule has 0 bridgehead atoms. The average molecular weight is 378 g/mol. The molecule has 7 heteroatoms. The second kappa shape index (κ2) is 6.86. The van der Waals surface area contributed by atoms with Gasteiger partial charge >= 0.3 is 5.97 Å². The van der Waals surface area contributed by atoms with Crippen LogP contribution >= 0.6 is 0 Å². The molecule has 2 heterocycles. The molecule has 1 amide bonds. The number of halogens is 2. The van der Waals surface area contributed by atoms with Crippen LogP contribution in [0.3, 0.4) is 0 Å². The van der Waals surface area contributed by atoms with Gasteiger partial charge in [0.25, 0.3) is 0 Å². The molecule has 0 aromatic heterocycles. The van der Waals surface area contributed by atoms with E-state index in [2.05, 4.69) is 4.90 Å². The molecule has 3 fully saturated rings. The molecule has 1 N–H and O–H groups in total. The van der Waals surface area contributed by atoms with Gasteiger partial charge in [-0.2, -0.15) is 0 Å². The molecule has 27 heavy (non-hydrogen) atoms. The average Bonchev–Trinajstić information content (AvgIpc) is 3.42. The van der Waals surface area contributed by atoms with Crippen LogP contribution in [0.15, 0.2) is 18.2 Å². The summed E-state index contributed by atoms with van der Waals surface area (Å²) in [5.41, 5.74) is 0.163. The van der Waals surface area contributed by atoms with E-state index in [1.165, 1.54) is 6.07 Å². The van der Waals surface area contributed by atoms with E-state index in [9.17, 15) is 23.5 Å². The van der Waals surface area contributed by atoms with Crippen LogP contribution in [0.4, 0.5) is 8.78 Å². The molecule has 3 aliphatic rings. The molecule has 1 saturated carbocycles. The van der Waals surface area contributed by atoms with Crippen molar-refractivity contribution in [3.05, 3.63) is 35.4 Å². The van der Waals surface area contributed by atoms with Gasteiger partial charge in [0.05, 0.1) is 0 Å². The van der Waals surface area contributed by atoms with Gasteiger partial charge in [0.15, 0.2) is 0 Å². The number of carboxylic acids is 1. The number of aliphatic carboxylic acids is 1. The smallest absolute Gasteiger partial charge is 0.326 e. The van der Waals surface area contributed by atoms with E-state index in [4.69, 9.17) is 0 Å². The van der Waals surface area contributed by atoms with Gasteiger partial charge in [-0.05, 0) is 68.8 Å². The number of likely N-dealkylation sites (tertiary alicyclic amines) is 2. The van der Waals surface area contributed by atoms with Gasteiger partial charge in [-0.1, -0.05) is 0 Å². The van der Waals surface area contributed by atoms with Crippen LogP contribution in [0.1, 0.15) is 37.7 Å². The van der Waals surface area contributed by atoms with E-state index in [0.29, 0.717) is 38.2 Å². The number of hydrogen-bond acceptors (Lipinski definition) is 3. The highest BCUT2D eigenvalue weighted by molar-refractivity contribution is 5.87.